The molecule has 232 valence electrons. The Kier molecular flexibility index (Phi) is 7.14. The van der Waals surface area contributed by atoms with Crippen LogP contribution in [0.5, 0.6) is 0 Å². The van der Waals surface area contributed by atoms with Gasteiger partial charge in [0.1, 0.15) is 0 Å². The fourth-order valence-corrected chi connectivity index (χ4v) is 7.14. The van der Waals surface area contributed by atoms with Gasteiger partial charge in [-0.05, 0) is 61.4 Å². The van der Waals surface area contributed by atoms with Gasteiger partial charge in [0.2, 0.25) is 0 Å². The van der Waals surface area contributed by atoms with Gasteiger partial charge in [0.15, 0.2) is 17.5 Å². The second kappa shape index (κ2) is 11.5. The van der Waals surface area contributed by atoms with Crippen LogP contribution in [-0.2, 0) is 10.8 Å². The third-order valence-corrected chi connectivity index (χ3v) is 10.5. The largest absolute Gasteiger partial charge is 0.208 e. The molecule has 3 nitrogen and oxygen atoms in total. The molecule has 0 bridgehead atoms. The Morgan fingerprint density at radius 3 is 1.23 bits per heavy atom. The van der Waals surface area contributed by atoms with Gasteiger partial charge >= 0.3 is 0 Å². The first-order valence-corrected chi connectivity index (χ1v) is 16.6. The summed E-state index contributed by atoms with van der Waals surface area (Å²) in [6.07, 6.45) is 0. The van der Waals surface area contributed by atoms with Crippen molar-refractivity contribution in [1.29, 1.82) is 0 Å². The van der Waals surface area contributed by atoms with E-state index in [-0.39, 0.29) is 10.8 Å². The number of benzene rings is 6. The first kappa shape index (κ1) is 29.7. The molecule has 0 N–H and O–H groups in total. The molecule has 0 atom stereocenters. The molecule has 0 saturated heterocycles. The van der Waals surface area contributed by atoms with E-state index in [2.05, 4.69) is 119 Å². The molecule has 0 amide bonds. The molecular formula is C45H37N3. The average molecular weight is 620 g/mol. The summed E-state index contributed by atoms with van der Waals surface area (Å²) < 4.78 is 0. The fourth-order valence-electron chi connectivity index (χ4n) is 7.14. The summed E-state index contributed by atoms with van der Waals surface area (Å²) in [5, 5.41) is 0. The molecule has 1 aliphatic carbocycles. The fraction of sp³-hybridized carbons (Fsp3) is 0.133. The molecule has 0 aliphatic heterocycles. The van der Waals surface area contributed by atoms with Crippen LogP contribution in [0.4, 0.5) is 0 Å². The van der Waals surface area contributed by atoms with Gasteiger partial charge in [0, 0.05) is 16.7 Å². The number of rotatable bonds is 5. The lowest BCUT2D eigenvalue weighted by molar-refractivity contribution is 0.299. The van der Waals surface area contributed by atoms with Gasteiger partial charge < -0.3 is 0 Å². The summed E-state index contributed by atoms with van der Waals surface area (Å²) >= 11 is 0. The summed E-state index contributed by atoms with van der Waals surface area (Å²) in [4.78, 5) is 14.7. The van der Waals surface area contributed by atoms with Gasteiger partial charge in [-0.1, -0.05) is 173 Å². The van der Waals surface area contributed by atoms with Crippen LogP contribution < -0.4 is 0 Å². The lowest BCUT2D eigenvalue weighted by Crippen LogP contribution is -2.43. The van der Waals surface area contributed by atoms with E-state index >= 15 is 0 Å². The second-order valence-corrected chi connectivity index (χ2v) is 13.7. The minimum Gasteiger partial charge on any atom is -0.208 e. The summed E-state index contributed by atoms with van der Waals surface area (Å²) in [7, 11) is 0. The van der Waals surface area contributed by atoms with E-state index in [1.165, 1.54) is 38.9 Å². The zero-order chi connectivity index (χ0) is 32.9. The number of hydrogen-bond donors (Lipinski definition) is 0. The standard InChI is InChI=1S/C45H37N3/c1-44(2)39-22-14-13-21-37(39)38-29-34(27-28-40(38)45(44,3)4)36-20-12-11-19-35(36)30-23-25-33(26-24-30)43-47-41(31-15-7-5-8-16-31)46-42(48-43)32-17-9-6-10-18-32/h5-29H,1-4H3. The second-order valence-electron chi connectivity index (χ2n) is 13.7. The van der Waals surface area contributed by atoms with Gasteiger partial charge in [-0.25, -0.2) is 15.0 Å². The number of aromatic nitrogens is 3. The third-order valence-electron chi connectivity index (χ3n) is 10.5. The van der Waals surface area contributed by atoms with E-state index in [9.17, 15) is 0 Å². The Bertz CT molecular complexity index is 2210. The Balaban J connectivity index is 1.19. The normalized spacial score (nSPS) is 14.2. The maximum Gasteiger partial charge on any atom is 0.164 e. The quantitative estimate of drug-likeness (QED) is 0.192. The smallest absolute Gasteiger partial charge is 0.164 e. The molecule has 48 heavy (non-hydrogen) atoms. The summed E-state index contributed by atoms with van der Waals surface area (Å²) in [6.45, 7) is 9.53. The molecule has 7 aromatic rings. The van der Waals surface area contributed by atoms with Crippen molar-refractivity contribution in [3.8, 4) is 67.5 Å². The first-order valence-electron chi connectivity index (χ1n) is 16.6. The highest BCUT2D eigenvalue weighted by Crippen LogP contribution is 2.54. The number of fused-ring (bicyclic) bond motifs is 3. The molecular weight excluding hydrogens is 583 g/mol. The average Bonchev–Trinajstić information content (AvgIpc) is 3.14. The van der Waals surface area contributed by atoms with E-state index < -0.39 is 0 Å². The Hall–Kier alpha value is -5.67. The van der Waals surface area contributed by atoms with Crippen LogP contribution >= 0.6 is 0 Å². The van der Waals surface area contributed by atoms with Crippen LogP contribution in [0.1, 0.15) is 38.8 Å². The van der Waals surface area contributed by atoms with Crippen molar-refractivity contribution in [1.82, 2.24) is 15.0 Å². The van der Waals surface area contributed by atoms with Crippen molar-refractivity contribution in [2.45, 2.75) is 38.5 Å². The van der Waals surface area contributed by atoms with Crippen molar-refractivity contribution >= 4 is 0 Å². The van der Waals surface area contributed by atoms with Crippen LogP contribution in [0.15, 0.2) is 152 Å². The lowest BCUT2D eigenvalue weighted by Gasteiger charge is -2.48. The molecule has 0 spiro atoms. The van der Waals surface area contributed by atoms with Crippen LogP contribution in [0.3, 0.4) is 0 Å². The van der Waals surface area contributed by atoms with Gasteiger partial charge in [-0.15, -0.1) is 0 Å². The lowest BCUT2D eigenvalue weighted by atomic mass is 9.55. The minimum absolute atomic E-state index is 0.0135. The molecule has 1 aliphatic rings. The van der Waals surface area contributed by atoms with E-state index in [4.69, 9.17) is 15.0 Å². The van der Waals surface area contributed by atoms with E-state index in [0.29, 0.717) is 17.5 Å². The van der Waals surface area contributed by atoms with Gasteiger partial charge in [-0.3, -0.25) is 0 Å². The predicted octanol–water partition coefficient (Wildman–Crippen LogP) is 11.4. The zero-order valence-electron chi connectivity index (χ0n) is 27.8. The highest BCUT2D eigenvalue weighted by Gasteiger charge is 2.45. The van der Waals surface area contributed by atoms with Crippen molar-refractivity contribution in [2.24, 2.45) is 0 Å². The van der Waals surface area contributed by atoms with E-state index in [1.54, 1.807) is 0 Å². The van der Waals surface area contributed by atoms with Gasteiger partial charge in [-0.2, -0.15) is 0 Å². The molecule has 3 heteroatoms. The maximum atomic E-state index is 4.93. The van der Waals surface area contributed by atoms with E-state index in [1.807, 2.05) is 60.7 Å². The minimum atomic E-state index is -0.0135. The number of hydrogen-bond acceptors (Lipinski definition) is 3. The van der Waals surface area contributed by atoms with Crippen LogP contribution in [0, 0.1) is 0 Å². The Morgan fingerprint density at radius 2 is 0.688 bits per heavy atom. The molecule has 8 rings (SSSR count). The van der Waals surface area contributed by atoms with Crippen molar-refractivity contribution in [3.05, 3.63) is 163 Å². The highest BCUT2D eigenvalue weighted by molar-refractivity contribution is 5.88. The van der Waals surface area contributed by atoms with Crippen molar-refractivity contribution in [2.75, 3.05) is 0 Å². The predicted molar refractivity (Wildman–Crippen MR) is 198 cm³/mol. The topological polar surface area (TPSA) is 38.7 Å². The third kappa shape index (κ3) is 4.94. The first-order chi connectivity index (χ1) is 23.3. The molecule has 0 radical (unpaired) electrons. The maximum absolute atomic E-state index is 4.93. The number of nitrogens with zero attached hydrogens (tertiary/aromatic N) is 3. The van der Waals surface area contributed by atoms with Gasteiger partial charge in [0.25, 0.3) is 0 Å². The van der Waals surface area contributed by atoms with Crippen molar-refractivity contribution < 1.29 is 0 Å². The Labute approximate surface area is 283 Å². The monoisotopic (exact) mass is 619 g/mol. The molecule has 1 aromatic heterocycles. The summed E-state index contributed by atoms with van der Waals surface area (Å²) in [5.74, 6) is 1.98. The molecule has 1 heterocycles. The molecule has 0 fully saturated rings. The SMILES string of the molecule is CC1(C)c2ccccc2-c2cc(-c3ccccc3-c3ccc(-c4nc(-c5ccccc5)nc(-c5ccccc5)n4)cc3)ccc2C1(C)C. The Morgan fingerprint density at radius 1 is 0.312 bits per heavy atom. The summed E-state index contributed by atoms with van der Waals surface area (Å²) in [6, 6.07) is 53.5. The molecule has 0 saturated carbocycles. The highest BCUT2D eigenvalue weighted by atomic mass is 15.0. The zero-order valence-corrected chi connectivity index (χ0v) is 27.8. The van der Waals surface area contributed by atoms with E-state index in [0.717, 1.165) is 22.3 Å². The molecule has 6 aromatic carbocycles. The summed E-state index contributed by atoms with van der Waals surface area (Å²) in [5.41, 5.74) is 13.1. The van der Waals surface area contributed by atoms with Crippen molar-refractivity contribution in [3.63, 3.8) is 0 Å². The van der Waals surface area contributed by atoms with Crippen LogP contribution in [0.2, 0.25) is 0 Å². The molecule has 0 unspecified atom stereocenters. The van der Waals surface area contributed by atoms with Crippen LogP contribution in [-0.4, -0.2) is 15.0 Å². The van der Waals surface area contributed by atoms with Crippen LogP contribution in [0.25, 0.3) is 67.5 Å². The van der Waals surface area contributed by atoms with Gasteiger partial charge in [0.05, 0.1) is 0 Å².